The summed E-state index contributed by atoms with van der Waals surface area (Å²) in [5.74, 6) is 0.233. The molecule has 1 heterocycles. The summed E-state index contributed by atoms with van der Waals surface area (Å²) in [4.78, 5) is 18.8. The number of benzene rings is 2. The lowest BCUT2D eigenvalue weighted by Crippen LogP contribution is -2.23. The Bertz CT molecular complexity index is 1140. The van der Waals surface area contributed by atoms with E-state index >= 15 is 0 Å². The number of rotatable bonds is 8. The first kappa shape index (κ1) is 29.2. The Hall–Kier alpha value is -3.03. The van der Waals surface area contributed by atoms with Crippen molar-refractivity contribution >= 4 is 22.7 Å². The van der Waals surface area contributed by atoms with E-state index < -0.39 is 17.7 Å². The minimum Gasteiger partial charge on any atom is -0.461 e. The molecule has 0 spiro atoms. The highest BCUT2D eigenvalue weighted by Crippen LogP contribution is 2.39. The van der Waals surface area contributed by atoms with Crippen molar-refractivity contribution in [1.82, 2.24) is 9.55 Å². The van der Waals surface area contributed by atoms with Crippen LogP contribution in [0.15, 0.2) is 42.5 Å². The molecule has 0 bridgehead atoms. The lowest BCUT2D eigenvalue weighted by Gasteiger charge is -2.21. The highest BCUT2D eigenvalue weighted by atomic mass is 19.4. The fourth-order valence-electron chi connectivity index (χ4n) is 3.92. The maximum Gasteiger partial charge on any atom is 0.418 e. The van der Waals surface area contributed by atoms with E-state index in [9.17, 15) is 18.0 Å². The predicted molar refractivity (Wildman–Crippen MR) is 140 cm³/mol. The number of alkyl halides is 3. The topological polar surface area (TPSA) is 47.4 Å². The fourth-order valence-corrected chi connectivity index (χ4v) is 3.92. The minimum atomic E-state index is -4.53. The van der Waals surface area contributed by atoms with Gasteiger partial charge in [0.25, 0.3) is 0 Å². The van der Waals surface area contributed by atoms with Gasteiger partial charge in [-0.15, -0.1) is 0 Å². The first-order valence-electron chi connectivity index (χ1n) is 12.5. The SMILES string of the molecule is CCC.CC[C@@H](CC(C)C)OC(=O)Cn1c(-c2ccc(N(C)C)c(C(F)(F)F)c2)nc2ccccc21. The van der Waals surface area contributed by atoms with Crippen LogP contribution in [0.2, 0.25) is 0 Å². The maximum atomic E-state index is 13.8. The molecule has 36 heavy (non-hydrogen) atoms. The molecule has 3 aromatic rings. The highest BCUT2D eigenvalue weighted by Gasteiger charge is 2.35. The van der Waals surface area contributed by atoms with Crippen molar-refractivity contribution in [3.63, 3.8) is 0 Å². The van der Waals surface area contributed by atoms with E-state index in [1.807, 2.05) is 6.92 Å². The third-order valence-electron chi connectivity index (χ3n) is 5.47. The van der Waals surface area contributed by atoms with E-state index in [1.54, 1.807) is 49.0 Å². The largest absolute Gasteiger partial charge is 0.461 e. The Balaban J connectivity index is 0.00000145. The van der Waals surface area contributed by atoms with Crippen molar-refractivity contribution in [3.05, 3.63) is 48.0 Å². The number of carbonyl (C=O) groups excluding carboxylic acids is 1. The number of para-hydroxylation sites is 2. The van der Waals surface area contributed by atoms with Crippen LogP contribution in [-0.4, -0.2) is 35.7 Å². The van der Waals surface area contributed by atoms with Gasteiger partial charge in [0.05, 0.1) is 16.6 Å². The van der Waals surface area contributed by atoms with Gasteiger partial charge >= 0.3 is 12.1 Å². The molecule has 198 valence electrons. The number of ether oxygens (including phenoxy) is 1. The van der Waals surface area contributed by atoms with Gasteiger partial charge in [-0.05, 0) is 49.1 Å². The van der Waals surface area contributed by atoms with Crippen LogP contribution >= 0.6 is 0 Å². The molecule has 0 amide bonds. The summed E-state index contributed by atoms with van der Waals surface area (Å²) in [5.41, 5.74) is 0.847. The van der Waals surface area contributed by atoms with Gasteiger partial charge < -0.3 is 14.2 Å². The number of anilines is 1. The lowest BCUT2D eigenvalue weighted by molar-refractivity contribution is -0.150. The molecule has 8 heteroatoms. The summed E-state index contributed by atoms with van der Waals surface area (Å²) >= 11 is 0. The Morgan fingerprint density at radius 2 is 1.72 bits per heavy atom. The number of nitrogens with zero attached hydrogens (tertiary/aromatic N) is 3. The average molecular weight is 506 g/mol. The zero-order valence-corrected chi connectivity index (χ0v) is 22.3. The molecule has 2 aromatic carbocycles. The molecule has 0 aliphatic rings. The van der Waals surface area contributed by atoms with Gasteiger partial charge in [-0.2, -0.15) is 13.2 Å². The summed E-state index contributed by atoms with van der Waals surface area (Å²) in [6, 6.07) is 11.3. The van der Waals surface area contributed by atoms with E-state index in [4.69, 9.17) is 4.74 Å². The molecule has 1 aromatic heterocycles. The number of hydrogen-bond donors (Lipinski definition) is 0. The molecule has 0 saturated carbocycles. The number of imidazole rings is 1. The van der Waals surface area contributed by atoms with Gasteiger partial charge in [0.2, 0.25) is 0 Å². The minimum absolute atomic E-state index is 0.0628. The second kappa shape index (κ2) is 12.8. The molecule has 0 aliphatic heterocycles. The normalized spacial score (nSPS) is 12.3. The molecule has 3 rings (SSSR count). The van der Waals surface area contributed by atoms with Gasteiger partial charge in [0.1, 0.15) is 18.5 Å². The molecule has 0 fully saturated rings. The summed E-state index contributed by atoms with van der Waals surface area (Å²) in [6.45, 7) is 10.2. The molecule has 0 aliphatic carbocycles. The molecule has 0 N–H and O–H groups in total. The molecule has 0 unspecified atom stereocenters. The number of fused-ring (bicyclic) bond motifs is 1. The first-order valence-corrected chi connectivity index (χ1v) is 12.5. The van der Waals surface area contributed by atoms with Crippen molar-refractivity contribution in [1.29, 1.82) is 0 Å². The Morgan fingerprint density at radius 3 is 2.28 bits per heavy atom. The van der Waals surface area contributed by atoms with E-state index in [0.29, 0.717) is 29.2 Å². The molecular weight excluding hydrogens is 467 g/mol. The first-order chi connectivity index (χ1) is 16.9. The van der Waals surface area contributed by atoms with Crippen molar-refractivity contribution in [3.8, 4) is 11.4 Å². The van der Waals surface area contributed by atoms with Gasteiger partial charge in [-0.1, -0.05) is 53.2 Å². The number of aromatic nitrogens is 2. The Kier molecular flexibility index (Phi) is 10.4. The summed E-state index contributed by atoms with van der Waals surface area (Å²) < 4.78 is 48.6. The average Bonchev–Trinajstić information content (AvgIpc) is 3.16. The number of hydrogen-bond acceptors (Lipinski definition) is 4. The van der Waals surface area contributed by atoms with Crippen molar-refractivity contribution in [2.75, 3.05) is 19.0 Å². The second-order valence-electron chi connectivity index (χ2n) is 9.49. The molecule has 0 radical (unpaired) electrons. The summed E-state index contributed by atoms with van der Waals surface area (Å²) in [6.07, 6.45) is -2.04. The van der Waals surface area contributed by atoms with E-state index in [2.05, 4.69) is 32.7 Å². The van der Waals surface area contributed by atoms with Crippen molar-refractivity contribution < 1.29 is 22.7 Å². The lowest BCUT2D eigenvalue weighted by atomic mass is 10.0. The second-order valence-corrected chi connectivity index (χ2v) is 9.49. The monoisotopic (exact) mass is 505 g/mol. The van der Waals surface area contributed by atoms with Crippen molar-refractivity contribution in [2.45, 2.75) is 72.7 Å². The van der Waals surface area contributed by atoms with Crippen molar-refractivity contribution in [2.24, 2.45) is 5.92 Å². The highest BCUT2D eigenvalue weighted by molar-refractivity contribution is 5.83. The van der Waals surface area contributed by atoms with Crippen LogP contribution < -0.4 is 4.90 Å². The number of halogens is 3. The van der Waals surface area contributed by atoms with Gasteiger partial charge in [-0.25, -0.2) is 4.98 Å². The van der Waals surface area contributed by atoms with Gasteiger partial charge in [0, 0.05) is 25.3 Å². The fraction of sp³-hybridized carbons (Fsp3) is 0.500. The number of carbonyl (C=O) groups is 1. The zero-order chi connectivity index (χ0) is 27.0. The van der Waals surface area contributed by atoms with Crippen LogP contribution in [0.3, 0.4) is 0 Å². The zero-order valence-electron chi connectivity index (χ0n) is 22.3. The standard InChI is InChI=1S/C25H30F3N3O2.C3H8/c1-6-18(13-16(2)3)33-23(32)15-31-22-10-8-7-9-20(22)29-24(31)17-11-12-21(30(4)5)19(14-17)25(26,27)28;1-3-2/h7-12,14,16,18H,6,13,15H2,1-5H3;3H2,1-2H3/t18-;/m0./s1. The smallest absolute Gasteiger partial charge is 0.418 e. The molecular formula is C28H38F3N3O2. The van der Waals surface area contributed by atoms with Crippen LogP contribution in [0.4, 0.5) is 18.9 Å². The van der Waals surface area contributed by atoms with Gasteiger partial charge in [0.15, 0.2) is 0 Å². The third-order valence-corrected chi connectivity index (χ3v) is 5.47. The summed E-state index contributed by atoms with van der Waals surface area (Å²) in [5, 5.41) is 0. The van der Waals surface area contributed by atoms with E-state index in [-0.39, 0.29) is 23.9 Å². The van der Waals surface area contributed by atoms with E-state index in [0.717, 1.165) is 12.5 Å². The van der Waals surface area contributed by atoms with Crippen LogP contribution in [0.25, 0.3) is 22.4 Å². The number of esters is 1. The summed E-state index contributed by atoms with van der Waals surface area (Å²) in [7, 11) is 3.13. The third kappa shape index (κ3) is 7.48. The molecule has 1 atom stereocenters. The van der Waals surface area contributed by atoms with Crippen LogP contribution in [0.1, 0.15) is 59.4 Å². The van der Waals surface area contributed by atoms with Crippen LogP contribution in [-0.2, 0) is 22.3 Å². The maximum absolute atomic E-state index is 13.8. The van der Waals surface area contributed by atoms with Crippen LogP contribution in [0.5, 0.6) is 0 Å². The predicted octanol–water partition coefficient (Wildman–Crippen LogP) is 7.57. The Labute approximate surface area is 212 Å². The molecule has 0 saturated heterocycles. The van der Waals surface area contributed by atoms with Crippen LogP contribution in [0, 0.1) is 5.92 Å². The van der Waals surface area contributed by atoms with E-state index in [1.165, 1.54) is 17.4 Å². The van der Waals surface area contributed by atoms with Gasteiger partial charge in [-0.3, -0.25) is 4.79 Å². The Morgan fingerprint density at radius 1 is 1.08 bits per heavy atom. The quantitative estimate of drug-likeness (QED) is 0.296. The molecule has 5 nitrogen and oxygen atoms in total.